The van der Waals surface area contributed by atoms with Gasteiger partial charge in [0.15, 0.2) is 0 Å². The van der Waals surface area contributed by atoms with Crippen LogP contribution in [0.15, 0.2) is 0 Å². The number of nitrogens with two attached hydrogens (primary N) is 3. The van der Waals surface area contributed by atoms with Crippen molar-refractivity contribution < 1.29 is 33.9 Å². The molecule has 15 heteroatoms. The Labute approximate surface area is 188 Å². The molecule has 10 N–H and O–H groups in total. The molecule has 31 heavy (non-hydrogen) atoms. The number of aliphatic carboxylic acids is 1. The van der Waals surface area contributed by atoms with Crippen LogP contribution in [-0.4, -0.2) is 82.5 Å². The van der Waals surface area contributed by atoms with Gasteiger partial charge in [0.2, 0.25) is 29.5 Å². The Balaban J connectivity index is 5.23. The lowest BCUT2D eigenvalue weighted by Crippen LogP contribution is -2.58. The summed E-state index contributed by atoms with van der Waals surface area (Å²) in [6, 6.07) is -5.30. The van der Waals surface area contributed by atoms with Crippen molar-refractivity contribution in [2.45, 2.75) is 43.4 Å². The molecule has 0 saturated heterocycles. The number of thioether (sulfide) groups is 1. The molecule has 0 aromatic heterocycles. The van der Waals surface area contributed by atoms with E-state index >= 15 is 0 Å². The number of rotatable bonds is 15. The van der Waals surface area contributed by atoms with Crippen LogP contribution in [-0.2, 0) is 28.8 Å². The predicted molar refractivity (Wildman–Crippen MR) is 116 cm³/mol. The molecule has 4 unspecified atom stereocenters. The number of nitrogens with one attached hydrogen (secondary N) is 3. The van der Waals surface area contributed by atoms with Gasteiger partial charge in [-0.2, -0.15) is 24.4 Å². The summed E-state index contributed by atoms with van der Waals surface area (Å²) in [5, 5.41) is 16.0. The molecule has 0 radical (unpaired) electrons. The van der Waals surface area contributed by atoms with Gasteiger partial charge in [0.1, 0.15) is 18.1 Å². The number of carbonyl (C=O) groups is 6. The molecule has 0 fully saturated rings. The van der Waals surface area contributed by atoms with Gasteiger partial charge in [0.05, 0.1) is 18.9 Å². The molecular weight excluding hydrogens is 452 g/mol. The molecular formula is C16H28N6O7S2. The van der Waals surface area contributed by atoms with Gasteiger partial charge in [0.25, 0.3) is 0 Å². The van der Waals surface area contributed by atoms with Gasteiger partial charge in [-0.1, -0.05) is 0 Å². The fourth-order valence-corrected chi connectivity index (χ4v) is 2.96. The van der Waals surface area contributed by atoms with E-state index in [1.165, 1.54) is 11.8 Å². The second-order valence-corrected chi connectivity index (χ2v) is 7.78. The van der Waals surface area contributed by atoms with Crippen molar-refractivity contribution in [3.63, 3.8) is 0 Å². The highest BCUT2D eigenvalue weighted by atomic mass is 32.2. The summed E-state index contributed by atoms with van der Waals surface area (Å²) >= 11 is 5.37. The lowest BCUT2D eigenvalue weighted by atomic mass is 10.1. The largest absolute Gasteiger partial charge is 0.480 e. The third-order valence-corrected chi connectivity index (χ3v) is 4.85. The fourth-order valence-electron chi connectivity index (χ4n) is 2.23. The molecule has 0 aromatic rings. The molecule has 0 rings (SSSR count). The number of thiol groups is 1. The molecule has 0 aliphatic heterocycles. The van der Waals surface area contributed by atoms with Gasteiger partial charge in [-0.15, -0.1) is 0 Å². The third kappa shape index (κ3) is 11.4. The SMILES string of the molecule is CSCCC(NC(=O)C(CS)NC(=O)C(CC(N)=O)NC(=O)C(N)CC(N)=O)C(=O)O. The quantitative estimate of drug-likeness (QED) is 0.107. The maximum Gasteiger partial charge on any atom is 0.326 e. The maximum atomic E-state index is 12.5. The van der Waals surface area contributed by atoms with Gasteiger partial charge in [-0.05, 0) is 18.4 Å². The molecule has 0 aliphatic carbocycles. The molecule has 13 nitrogen and oxygen atoms in total. The first-order chi connectivity index (χ1) is 14.4. The first-order valence-electron chi connectivity index (χ1n) is 8.98. The second kappa shape index (κ2) is 14.5. The van der Waals surface area contributed by atoms with Crippen LogP contribution < -0.4 is 33.2 Å². The Morgan fingerprint density at radius 1 is 0.871 bits per heavy atom. The van der Waals surface area contributed by atoms with Crippen LogP contribution in [0.3, 0.4) is 0 Å². The van der Waals surface area contributed by atoms with E-state index in [-0.39, 0.29) is 12.2 Å². The summed E-state index contributed by atoms with van der Waals surface area (Å²) in [4.78, 5) is 70.4. The van der Waals surface area contributed by atoms with Crippen LogP contribution in [0.4, 0.5) is 0 Å². The Morgan fingerprint density at radius 2 is 1.35 bits per heavy atom. The van der Waals surface area contributed by atoms with Crippen molar-refractivity contribution in [1.29, 1.82) is 0 Å². The summed E-state index contributed by atoms with van der Waals surface area (Å²) in [7, 11) is 0. The number of hydrogen-bond donors (Lipinski definition) is 8. The van der Waals surface area contributed by atoms with Gasteiger partial charge in [-0.3, -0.25) is 24.0 Å². The fraction of sp³-hybridized carbons (Fsp3) is 0.625. The molecule has 0 saturated carbocycles. The minimum atomic E-state index is -1.49. The van der Waals surface area contributed by atoms with Gasteiger partial charge in [0, 0.05) is 5.75 Å². The van der Waals surface area contributed by atoms with E-state index in [2.05, 4.69) is 28.6 Å². The van der Waals surface area contributed by atoms with Gasteiger partial charge in [-0.25, -0.2) is 4.79 Å². The first-order valence-corrected chi connectivity index (χ1v) is 11.0. The average molecular weight is 481 g/mol. The Morgan fingerprint density at radius 3 is 1.81 bits per heavy atom. The van der Waals surface area contributed by atoms with E-state index in [0.717, 1.165) is 0 Å². The average Bonchev–Trinajstić information content (AvgIpc) is 2.66. The molecule has 5 amide bonds. The number of hydrogen-bond acceptors (Lipinski definition) is 9. The molecule has 0 aromatic carbocycles. The monoisotopic (exact) mass is 480 g/mol. The van der Waals surface area contributed by atoms with Crippen molar-refractivity contribution in [1.82, 2.24) is 16.0 Å². The maximum absolute atomic E-state index is 12.5. The topological polar surface area (TPSA) is 237 Å². The van der Waals surface area contributed by atoms with Crippen LogP contribution in [0.2, 0.25) is 0 Å². The van der Waals surface area contributed by atoms with Crippen LogP contribution in [0.1, 0.15) is 19.3 Å². The first kappa shape index (κ1) is 28.5. The highest BCUT2D eigenvalue weighted by Gasteiger charge is 2.30. The minimum Gasteiger partial charge on any atom is -0.480 e. The number of carbonyl (C=O) groups excluding carboxylic acids is 5. The summed E-state index contributed by atoms with van der Waals surface area (Å²) in [5.74, 6) is -5.45. The van der Waals surface area contributed by atoms with Crippen LogP contribution in [0.25, 0.3) is 0 Å². The zero-order valence-electron chi connectivity index (χ0n) is 16.8. The number of amides is 5. The zero-order chi connectivity index (χ0) is 24.1. The predicted octanol–water partition coefficient (Wildman–Crippen LogP) is -3.71. The third-order valence-electron chi connectivity index (χ3n) is 3.84. The van der Waals surface area contributed by atoms with Crippen molar-refractivity contribution >= 4 is 59.9 Å². The molecule has 0 bridgehead atoms. The standard InChI is InChI=1S/C16H28N6O7S2/c1-31-3-2-8(16(28)29)20-15(27)10(6-30)22-14(26)9(5-12(19)24)21-13(25)7(17)4-11(18)23/h7-10,30H,2-6,17H2,1H3,(H2,18,23)(H2,19,24)(H,20,27)(H,21,25)(H,22,26)(H,28,29). The lowest BCUT2D eigenvalue weighted by Gasteiger charge is -2.23. The molecule has 176 valence electrons. The van der Waals surface area contributed by atoms with Crippen molar-refractivity contribution in [2.24, 2.45) is 17.2 Å². The highest BCUT2D eigenvalue weighted by Crippen LogP contribution is 2.03. The number of carboxylic acids is 1. The van der Waals surface area contributed by atoms with Crippen LogP contribution >= 0.6 is 24.4 Å². The van der Waals surface area contributed by atoms with E-state index in [1.807, 2.05) is 0 Å². The second-order valence-electron chi connectivity index (χ2n) is 6.43. The van der Waals surface area contributed by atoms with Crippen LogP contribution in [0.5, 0.6) is 0 Å². The van der Waals surface area contributed by atoms with E-state index in [9.17, 15) is 33.9 Å². The molecule has 4 atom stereocenters. The van der Waals surface area contributed by atoms with Crippen molar-refractivity contribution in [3.8, 4) is 0 Å². The smallest absolute Gasteiger partial charge is 0.326 e. The highest BCUT2D eigenvalue weighted by molar-refractivity contribution is 7.98. The Hall–Kier alpha value is -2.52. The van der Waals surface area contributed by atoms with E-state index in [1.54, 1.807) is 6.26 Å². The number of carboxylic acid groups (broad SMARTS) is 1. The minimum absolute atomic E-state index is 0.160. The lowest BCUT2D eigenvalue weighted by molar-refractivity contribution is -0.142. The normalized spacial score (nSPS) is 14.4. The molecule has 0 spiro atoms. The Bertz CT molecular complexity index is 693. The summed E-state index contributed by atoms with van der Waals surface area (Å²) in [6.07, 6.45) is 0.825. The van der Waals surface area contributed by atoms with Crippen molar-refractivity contribution in [3.05, 3.63) is 0 Å². The summed E-state index contributed by atoms with van der Waals surface area (Å²) in [6.45, 7) is 0. The molecule has 0 heterocycles. The van der Waals surface area contributed by atoms with Crippen LogP contribution in [0, 0.1) is 0 Å². The summed E-state index contributed by atoms with van der Waals surface area (Å²) < 4.78 is 0. The van der Waals surface area contributed by atoms with E-state index in [0.29, 0.717) is 5.75 Å². The van der Waals surface area contributed by atoms with E-state index in [4.69, 9.17) is 17.2 Å². The van der Waals surface area contributed by atoms with E-state index < -0.39 is 72.5 Å². The molecule has 0 aliphatic rings. The zero-order valence-corrected chi connectivity index (χ0v) is 18.5. The van der Waals surface area contributed by atoms with Gasteiger partial charge >= 0.3 is 5.97 Å². The summed E-state index contributed by atoms with van der Waals surface area (Å²) in [5.41, 5.74) is 15.6. The number of primary amides is 2. The van der Waals surface area contributed by atoms with Gasteiger partial charge < -0.3 is 38.3 Å². The Kier molecular flexibility index (Phi) is 13.3. The van der Waals surface area contributed by atoms with Crippen molar-refractivity contribution in [2.75, 3.05) is 17.8 Å².